The zero-order valence-electron chi connectivity index (χ0n) is 43.9. The molecule has 8 aromatic carbocycles. The third-order valence-electron chi connectivity index (χ3n) is 14.4. The van der Waals surface area contributed by atoms with Crippen molar-refractivity contribution in [3.63, 3.8) is 0 Å². The van der Waals surface area contributed by atoms with Gasteiger partial charge in [-0.1, -0.05) is 188 Å². The van der Waals surface area contributed by atoms with Crippen molar-refractivity contribution in [1.29, 1.82) is 0 Å². The fourth-order valence-electron chi connectivity index (χ4n) is 10.3. The van der Waals surface area contributed by atoms with E-state index in [0.717, 1.165) is 61.7 Å². The third-order valence-corrected chi connectivity index (χ3v) is 15.6. The van der Waals surface area contributed by atoms with Crippen LogP contribution in [-0.4, -0.2) is 9.55 Å². The summed E-state index contributed by atoms with van der Waals surface area (Å²) in [6.07, 6.45) is 1.92. The molecule has 0 aliphatic carbocycles. The van der Waals surface area contributed by atoms with Crippen molar-refractivity contribution in [2.75, 3.05) is 9.80 Å². The SMILES string of the molecule is CC(C)(C)c1cc(-c2cccc(-c3cccc(-c4ccccc4)c3)c2N2[CH-]N(c3[c-]c(Oc4[c-]c5c(cc4)c4sc6ccccc6c4n5-c4cc(C(C)(C)C)ccn4)ccc3)c3ccccc32)cc(C(C)(C)C)c1.[Pt]. The summed E-state index contributed by atoms with van der Waals surface area (Å²) in [5, 5.41) is 2.31. The maximum Gasteiger partial charge on any atom is 0.135 e. The van der Waals surface area contributed by atoms with E-state index in [1.54, 1.807) is 0 Å². The van der Waals surface area contributed by atoms with Crippen molar-refractivity contribution in [3.05, 3.63) is 224 Å². The minimum absolute atomic E-state index is 0. The van der Waals surface area contributed by atoms with Crippen LogP contribution in [0.25, 0.3) is 70.4 Å². The predicted molar refractivity (Wildman–Crippen MR) is 312 cm³/mol. The van der Waals surface area contributed by atoms with E-state index in [0.29, 0.717) is 11.5 Å². The van der Waals surface area contributed by atoms with Gasteiger partial charge in [0.25, 0.3) is 0 Å². The summed E-state index contributed by atoms with van der Waals surface area (Å²) in [6.45, 7) is 22.8. The second kappa shape index (κ2) is 19.2. The molecule has 0 bridgehead atoms. The largest absolute Gasteiger partial charge is 0.509 e. The van der Waals surface area contributed by atoms with Crippen LogP contribution in [0.1, 0.15) is 79.0 Å². The molecule has 0 spiro atoms. The second-order valence-corrected chi connectivity index (χ2v) is 23.7. The Hall–Kier alpha value is -7.24. The molecule has 12 rings (SSSR count). The van der Waals surface area contributed by atoms with Gasteiger partial charge in [-0.3, -0.25) is 0 Å². The minimum Gasteiger partial charge on any atom is -0.509 e. The zero-order chi connectivity index (χ0) is 51.1. The van der Waals surface area contributed by atoms with Gasteiger partial charge in [-0.2, -0.15) is 12.1 Å². The molecule has 0 N–H and O–H groups in total. The Balaban J connectivity index is 0.00000602. The van der Waals surface area contributed by atoms with E-state index in [9.17, 15) is 0 Å². The van der Waals surface area contributed by atoms with Gasteiger partial charge in [0.1, 0.15) is 5.82 Å². The summed E-state index contributed by atoms with van der Waals surface area (Å²) in [5.74, 6) is 2.05. The third kappa shape index (κ3) is 9.27. The number of hydrogen-bond donors (Lipinski definition) is 0. The summed E-state index contributed by atoms with van der Waals surface area (Å²) in [6, 6.07) is 72.9. The number of thiophene rings is 1. The molecular weight excluding hydrogens is 1120 g/mol. The number of para-hydroxylation sites is 3. The molecule has 0 fully saturated rings. The Labute approximate surface area is 460 Å². The van der Waals surface area contributed by atoms with E-state index in [-0.39, 0.29) is 37.3 Å². The molecule has 1 aliphatic rings. The van der Waals surface area contributed by atoms with Gasteiger partial charge >= 0.3 is 0 Å². The van der Waals surface area contributed by atoms with Crippen LogP contribution in [0.2, 0.25) is 0 Å². The van der Waals surface area contributed by atoms with E-state index in [2.05, 4.69) is 259 Å². The number of benzene rings is 8. The van der Waals surface area contributed by atoms with Gasteiger partial charge in [0.15, 0.2) is 0 Å². The van der Waals surface area contributed by atoms with Crippen molar-refractivity contribution in [2.24, 2.45) is 0 Å². The molecule has 0 saturated heterocycles. The smallest absolute Gasteiger partial charge is 0.135 e. The van der Waals surface area contributed by atoms with Gasteiger partial charge in [-0.05, 0) is 91.6 Å². The first-order chi connectivity index (χ1) is 35.6. The van der Waals surface area contributed by atoms with E-state index >= 15 is 0 Å². The monoisotopic (exact) mass is 1170 g/mol. The number of pyridine rings is 1. The van der Waals surface area contributed by atoms with E-state index < -0.39 is 0 Å². The van der Waals surface area contributed by atoms with E-state index in [4.69, 9.17) is 9.72 Å². The maximum atomic E-state index is 6.80. The molecule has 0 saturated carbocycles. The topological polar surface area (TPSA) is 33.5 Å². The number of anilines is 4. The standard InChI is InChI=1S/C68H59N4OS.Pt/c1-66(2,3)48-34-35-69-62(40-48)72-60-42-53(32-33-56(60)65-64(72)57-26-13-16-31-61(57)74-65)73-52-25-18-24-51(41-52)70-43-71(59-30-15-14-29-58(59)70)63-54(46-23-17-22-45(36-46)44-20-11-10-12-21-44)27-19-28-55(63)47-37-49(67(4,5)6)39-50(38-47)68(7,8)9;/h10-40,43H,1-9H3;/q-3;. The van der Waals surface area contributed by atoms with Crippen molar-refractivity contribution < 1.29 is 25.8 Å². The average molecular weight is 1180 g/mol. The van der Waals surface area contributed by atoms with E-state index in [1.165, 1.54) is 48.2 Å². The zero-order valence-corrected chi connectivity index (χ0v) is 47.0. The molecule has 0 amide bonds. The quantitative estimate of drug-likeness (QED) is 0.142. The fourth-order valence-corrected chi connectivity index (χ4v) is 11.5. The van der Waals surface area contributed by atoms with Gasteiger partial charge in [-0.15, -0.1) is 54.0 Å². The molecule has 0 atom stereocenters. The molecule has 5 nitrogen and oxygen atoms in total. The maximum absolute atomic E-state index is 6.80. The summed E-state index contributed by atoms with van der Waals surface area (Å²) in [5.41, 5.74) is 16.8. The first-order valence-electron chi connectivity index (χ1n) is 25.6. The van der Waals surface area contributed by atoms with Crippen LogP contribution in [-0.2, 0) is 37.3 Å². The number of aromatic nitrogens is 2. The van der Waals surface area contributed by atoms with Crippen LogP contribution in [0.3, 0.4) is 0 Å². The van der Waals surface area contributed by atoms with Gasteiger partial charge in [0.05, 0.1) is 5.52 Å². The Morgan fingerprint density at radius 1 is 0.493 bits per heavy atom. The summed E-state index contributed by atoms with van der Waals surface area (Å²) in [4.78, 5) is 9.59. The molecule has 4 heterocycles. The van der Waals surface area contributed by atoms with Gasteiger partial charge < -0.3 is 19.1 Å². The Morgan fingerprint density at radius 2 is 1.11 bits per heavy atom. The van der Waals surface area contributed by atoms with Gasteiger partial charge in [-0.25, -0.2) is 4.98 Å². The molecule has 1 aliphatic heterocycles. The van der Waals surface area contributed by atoms with Crippen molar-refractivity contribution in [1.82, 2.24) is 9.55 Å². The molecule has 0 radical (unpaired) electrons. The molecule has 11 aromatic rings. The number of nitrogens with zero attached hydrogens (tertiary/aromatic N) is 4. The molecule has 3 aromatic heterocycles. The van der Waals surface area contributed by atoms with Crippen LogP contribution >= 0.6 is 11.3 Å². The summed E-state index contributed by atoms with van der Waals surface area (Å²) in [7, 11) is 0. The predicted octanol–water partition coefficient (Wildman–Crippen LogP) is 19.1. The Morgan fingerprint density at radius 3 is 1.84 bits per heavy atom. The summed E-state index contributed by atoms with van der Waals surface area (Å²) < 4.78 is 11.5. The number of hydrogen-bond acceptors (Lipinski definition) is 5. The second-order valence-electron chi connectivity index (χ2n) is 22.6. The van der Waals surface area contributed by atoms with Crippen LogP contribution in [0.4, 0.5) is 22.7 Å². The first kappa shape index (κ1) is 49.9. The van der Waals surface area contributed by atoms with Gasteiger partial charge in [0.2, 0.25) is 0 Å². The van der Waals surface area contributed by atoms with Crippen LogP contribution in [0.15, 0.2) is 188 Å². The normalized spacial score (nSPS) is 12.9. The van der Waals surface area contributed by atoms with E-state index in [1.807, 2.05) is 35.7 Å². The molecule has 7 heteroatoms. The average Bonchev–Trinajstić information content (AvgIpc) is 4.14. The molecule has 376 valence electrons. The number of ether oxygens (including phenoxy) is 1. The van der Waals surface area contributed by atoms with Crippen LogP contribution in [0, 0.1) is 18.8 Å². The molecule has 0 unspecified atom stereocenters. The fraction of sp³-hybridized carbons (Fsp3) is 0.176. The first-order valence-corrected chi connectivity index (χ1v) is 26.4. The van der Waals surface area contributed by atoms with Crippen molar-refractivity contribution >= 4 is 65.3 Å². The van der Waals surface area contributed by atoms with Crippen molar-refractivity contribution in [2.45, 2.75) is 78.6 Å². The van der Waals surface area contributed by atoms with Gasteiger partial charge in [0, 0.05) is 81.7 Å². The minimum atomic E-state index is -0.0572. The number of fused-ring (bicyclic) bond motifs is 6. The number of rotatable bonds is 8. The van der Waals surface area contributed by atoms with Crippen molar-refractivity contribution in [3.8, 4) is 50.7 Å². The Kier molecular flexibility index (Phi) is 12.8. The molecular formula is C68H59N4OPtS-3. The van der Waals surface area contributed by atoms with Crippen LogP contribution in [0.5, 0.6) is 11.5 Å². The Bertz CT molecular complexity index is 3910. The summed E-state index contributed by atoms with van der Waals surface area (Å²) >= 11 is 1.81. The van der Waals surface area contributed by atoms with Crippen LogP contribution < -0.4 is 14.5 Å². The molecule has 75 heavy (non-hydrogen) atoms.